The Morgan fingerprint density at radius 3 is 2.19 bits per heavy atom. The van der Waals surface area contributed by atoms with Crippen molar-refractivity contribution in [1.29, 1.82) is 0 Å². The van der Waals surface area contributed by atoms with E-state index in [1.165, 1.54) is 5.56 Å². The molecule has 1 unspecified atom stereocenters. The lowest BCUT2D eigenvalue weighted by Gasteiger charge is -2.29. The average Bonchev–Trinajstić information content (AvgIpc) is 3.15. The number of rotatable bonds is 10. The van der Waals surface area contributed by atoms with E-state index in [2.05, 4.69) is 36.6 Å². The summed E-state index contributed by atoms with van der Waals surface area (Å²) in [5.41, 5.74) is 1.51. The molecule has 196 valence electrons. The first-order valence-electron chi connectivity index (χ1n) is 12.9. The van der Waals surface area contributed by atoms with E-state index in [4.69, 9.17) is 4.74 Å². The topological polar surface area (TPSA) is 90.9 Å². The molecule has 36 heavy (non-hydrogen) atoms. The highest BCUT2D eigenvalue weighted by Crippen LogP contribution is 2.23. The molecule has 0 saturated carbocycles. The normalized spacial score (nSPS) is 19.9. The summed E-state index contributed by atoms with van der Waals surface area (Å²) in [6, 6.07) is 18.3. The van der Waals surface area contributed by atoms with Crippen molar-refractivity contribution in [2.75, 3.05) is 6.54 Å². The molecule has 1 heterocycles. The van der Waals surface area contributed by atoms with E-state index in [1.807, 2.05) is 53.4 Å². The molecule has 1 aliphatic rings. The summed E-state index contributed by atoms with van der Waals surface area (Å²) < 4.78 is 5.44. The van der Waals surface area contributed by atoms with Crippen molar-refractivity contribution < 1.29 is 19.4 Å². The number of alkyl carbamates (subject to hydrolysis) is 1. The number of hydrogen-bond donors (Lipinski definition) is 3. The van der Waals surface area contributed by atoms with Crippen LogP contribution >= 0.6 is 0 Å². The summed E-state index contributed by atoms with van der Waals surface area (Å²) in [6.07, 6.45) is 0.130. The van der Waals surface area contributed by atoms with E-state index >= 15 is 0 Å². The van der Waals surface area contributed by atoms with Crippen LogP contribution in [0.15, 0.2) is 60.7 Å². The van der Waals surface area contributed by atoms with Crippen LogP contribution in [0.4, 0.5) is 4.79 Å². The standard InChI is InChI=1S/C29H41N3O4/c1-20(2)26-31-24(27(34)32(26)18-12-17-21-13-8-6-9-14-21)25(33)23(19-22-15-10-7-11-16-22)30-28(35)36-29(3,4)5/h6-11,13-16,20,23-26,31,33H,12,17-19H2,1-5H3,(H,30,35)/t23-,24-,25-,26?/m0/s1. The number of ether oxygens (including phenoxy) is 1. The van der Waals surface area contributed by atoms with Crippen LogP contribution in [-0.2, 0) is 22.4 Å². The van der Waals surface area contributed by atoms with E-state index in [0.29, 0.717) is 13.0 Å². The highest BCUT2D eigenvalue weighted by atomic mass is 16.6. The molecule has 0 bridgehead atoms. The van der Waals surface area contributed by atoms with Gasteiger partial charge >= 0.3 is 6.09 Å². The lowest BCUT2D eigenvalue weighted by atomic mass is 9.96. The third-order valence-electron chi connectivity index (χ3n) is 6.33. The van der Waals surface area contributed by atoms with Crippen molar-refractivity contribution in [3.05, 3.63) is 71.8 Å². The second-order valence-electron chi connectivity index (χ2n) is 10.9. The van der Waals surface area contributed by atoms with Crippen molar-refractivity contribution in [1.82, 2.24) is 15.5 Å². The monoisotopic (exact) mass is 495 g/mol. The quantitative estimate of drug-likeness (QED) is 0.465. The molecule has 2 aromatic carbocycles. The van der Waals surface area contributed by atoms with Crippen LogP contribution in [0, 0.1) is 5.92 Å². The maximum atomic E-state index is 13.5. The Morgan fingerprint density at radius 1 is 1.06 bits per heavy atom. The second kappa shape index (κ2) is 12.4. The van der Waals surface area contributed by atoms with Gasteiger partial charge in [0.1, 0.15) is 11.6 Å². The minimum Gasteiger partial charge on any atom is -0.444 e. The number of hydrogen-bond acceptors (Lipinski definition) is 5. The third-order valence-corrected chi connectivity index (χ3v) is 6.33. The highest BCUT2D eigenvalue weighted by molar-refractivity contribution is 5.85. The first-order chi connectivity index (χ1) is 17.0. The van der Waals surface area contributed by atoms with Crippen molar-refractivity contribution in [3.63, 3.8) is 0 Å². The number of nitrogens with zero attached hydrogens (tertiary/aromatic N) is 1. The Labute approximate surface area is 215 Å². The predicted molar refractivity (Wildman–Crippen MR) is 141 cm³/mol. The van der Waals surface area contributed by atoms with Gasteiger partial charge in [0.05, 0.1) is 18.3 Å². The fourth-order valence-corrected chi connectivity index (χ4v) is 4.62. The van der Waals surface area contributed by atoms with Gasteiger partial charge in [0.25, 0.3) is 0 Å². The fraction of sp³-hybridized carbons (Fsp3) is 0.517. The van der Waals surface area contributed by atoms with Crippen LogP contribution in [-0.4, -0.2) is 58.5 Å². The fourth-order valence-electron chi connectivity index (χ4n) is 4.62. The van der Waals surface area contributed by atoms with Gasteiger partial charge in [-0.3, -0.25) is 10.1 Å². The third kappa shape index (κ3) is 7.80. The first kappa shape index (κ1) is 27.7. The number of carbonyl (C=O) groups excluding carboxylic acids is 2. The molecule has 0 aliphatic carbocycles. The van der Waals surface area contributed by atoms with Gasteiger partial charge in [-0.05, 0) is 57.1 Å². The summed E-state index contributed by atoms with van der Waals surface area (Å²) in [4.78, 5) is 28.0. The molecule has 1 fully saturated rings. The van der Waals surface area contributed by atoms with E-state index in [0.717, 1.165) is 18.4 Å². The summed E-state index contributed by atoms with van der Waals surface area (Å²) >= 11 is 0. The van der Waals surface area contributed by atoms with Gasteiger partial charge in [-0.15, -0.1) is 0 Å². The van der Waals surface area contributed by atoms with E-state index < -0.39 is 29.9 Å². The Balaban J connectivity index is 1.74. The number of aryl methyl sites for hydroxylation is 1. The molecule has 2 aromatic rings. The minimum atomic E-state index is -1.13. The SMILES string of the molecule is CC(C)C1N[C@@H]([C@@H](O)[C@H](Cc2ccccc2)NC(=O)OC(C)(C)C)C(=O)N1CCCc1ccccc1. The largest absolute Gasteiger partial charge is 0.444 e. The lowest BCUT2D eigenvalue weighted by Crippen LogP contribution is -2.55. The van der Waals surface area contributed by atoms with Crippen molar-refractivity contribution in [2.45, 2.75) is 83.8 Å². The second-order valence-corrected chi connectivity index (χ2v) is 10.9. The van der Waals surface area contributed by atoms with Crippen LogP contribution in [0.5, 0.6) is 0 Å². The Bertz CT molecular complexity index is 975. The number of aliphatic hydroxyl groups is 1. The average molecular weight is 496 g/mol. The summed E-state index contributed by atoms with van der Waals surface area (Å²) in [5.74, 6) is 0.0209. The lowest BCUT2D eigenvalue weighted by molar-refractivity contribution is -0.132. The van der Waals surface area contributed by atoms with Crippen LogP contribution in [0.25, 0.3) is 0 Å². The molecule has 3 rings (SSSR count). The molecule has 1 aliphatic heterocycles. The van der Waals surface area contributed by atoms with Crippen LogP contribution in [0.2, 0.25) is 0 Å². The molecule has 4 atom stereocenters. The van der Waals surface area contributed by atoms with E-state index in [1.54, 1.807) is 20.8 Å². The van der Waals surface area contributed by atoms with Gasteiger partial charge in [-0.25, -0.2) is 4.79 Å². The highest BCUT2D eigenvalue weighted by Gasteiger charge is 2.45. The molecule has 1 saturated heterocycles. The molecule has 7 nitrogen and oxygen atoms in total. The summed E-state index contributed by atoms with van der Waals surface area (Å²) in [7, 11) is 0. The van der Waals surface area contributed by atoms with E-state index in [9.17, 15) is 14.7 Å². The number of benzene rings is 2. The zero-order chi connectivity index (χ0) is 26.3. The van der Waals surface area contributed by atoms with Crippen LogP contribution < -0.4 is 10.6 Å². The number of nitrogens with one attached hydrogen (secondary N) is 2. The molecule has 0 spiro atoms. The molecule has 3 N–H and O–H groups in total. The number of carbonyl (C=O) groups is 2. The van der Waals surface area contributed by atoms with Gasteiger partial charge in [0.2, 0.25) is 5.91 Å². The number of aliphatic hydroxyl groups excluding tert-OH is 1. The van der Waals surface area contributed by atoms with Gasteiger partial charge in [-0.2, -0.15) is 0 Å². The van der Waals surface area contributed by atoms with Crippen LogP contribution in [0.3, 0.4) is 0 Å². The molecule has 0 aromatic heterocycles. The molecule has 7 heteroatoms. The molecule has 0 radical (unpaired) electrons. The molecular formula is C29H41N3O4. The van der Waals surface area contributed by atoms with Crippen molar-refractivity contribution >= 4 is 12.0 Å². The smallest absolute Gasteiger partial charge is 0.407 e. The summed E-state index contributed by atoms with van der Waals surface area (Å²) in [5, 5.41) is 17.6. The first-order valence-corrected chi connectivity index (χ1v) is 12.9. The van der Waals surface area contributed by atoms with Gasteiger partial charge in [0, 0.05) is 6.54 Å². The zero-order valence-corrected chi connectivity index (χ0v) is 22.1. The van der Waals surface area contributed by atoms with Crippen molar-refractivity contribution in [2.24, 2.45) is 5.92 Å². The van der Waals surface area contributed by atoms with Gasteiger partial charge in [0.15, 0.2) is 0 Å². The zero-order valence-electron chi connectivity index (χ0n) is 22.1. The molecule has 2 amide bonds. The maximum absolute atomic E-state index is 13.5. The number of amides is 2. The summed E-state index contributed by atoms with van der Waals surface area (Å²) in [6.45, 7) is 10.1. The predicted octanol–water partition coefficient (Wildman–Crippen LogP) is 3.90. The Hall–Kier alpha value is -2.90. The van der Waals surface area contributed by atoms with Gasteiger partial charge < -0.3 is 20.1 Å². The Morgan fingerprint density at radius 2 is 1.64 bits per heavy atom. The maximum Gasteiger partial charge on any atom is 0.407 e. The van der Waals surface area contributed by atoms with E-state index in [-0.39, 0.29) is 18.0 Å². The minimum absolute atomic E-state index is 0.140. The van der Waals surface area contributed by atoms with Crippen LogP contribution in [0.1, 0.15) is 52.2 Å². The molecular weight excluding hydrogens is 454 g/mol. The Kier molecular flexibility index (Phi) is 9.51. The van der Waals surface area contributed by atoms with Crippen molar-refractivity contribution in [3.8, 4) is 0 Å². The van der Waals surface area contributed by atoms with Gasteiger partial charge in [-0.1, -0.05) is 74.5 Å².